The Kier molecular flexibility index (Phi) is 7.66. The third-order valence-corrected chi connectivity index (χ3v) is 5.97. The molecule has 9 heteroatoms. The van der Waals surface area contributed by atoms with Crippen LogP contribution in [-0.4, -0.2) is 57.2 Å². The van der Waals surface area contributed by atoms with Gasteiger partial charge in [-0.3, -0.25) is 4.79 Å². The molecule has 0 aliphatic carbocycles. The quantitative estimate of drug-likeness (QED) is 0.499. The number of carbonyl (C=O) groups is 2. The van der Waals surface area contributed by atoms with Crippen LogP contribution in [0.1, 0.15) is 32.8 Å². The van der Waals surface area contributed by atoms with Crippen molar-refractivity contribution in [2.24, 2.45) is 0 Å². The number of sulfone groups is 1. The van der Waals surface area contributed by atoms with Crippen molar-refractivity contribution in [1.29, 1.82) is 0 Å². The highest BCUT2D eigenvalue weighted by molar-refractivity contribution is 7.91. The van der Waals surface area contributed by atoms with Crippen LogP contribution in [0.5, 0.6) is 11.5 Å². The second kappa shape index (κ2) is 9.78. The Morgan fingerprint density at radius 3 is 2.52 bits per heavy atom. The Morgan fingerprint density at radius 1 is 1.21 bits per heavy atom. The van der Waals surface area contributed by atoms with Crippen LogP contribution in [0.15, 0.2) is 24.3 Å². The number of hydrogen-bond acceptors (Lipinski definition) is 7. The van der Waals surface area contributed by atoms with E-state index in [4.69, 9.17) is 14.2 Å². The van der Waals surface area contributed by atoms with E-state index in [2.05, 4.69) is 5.32 Å². The van der Waals surface area contributed by atoms with Gasteiger partial charge in [0.05, 0.1) is 24.7 Å². The van der Waals surface area contributed by atoms with Gasteiger partial charge >= 0.3 is 5.97 Å². The maximum Gasteiger partial charge on any atom is 0.331 e. The maximum absolute atomic E-state index is 12.1. The lowest BCUT2D eigenvalue weighted by Gasteiger charge is -2.15. The Bertz CT molecular complexity index is 877. The van der Waals surface area contributed by atoms with Crippen LogP contribution in [0.3, 0.4) is 0 Å². The zero-order chi connectivity index (χ0) is 21.6. The number of carbonyl (C=O) groups excluding carboxylic acids is 2. The van der Waals surface area contributed by atoms with Gasteiger partial charge in [-0.15, -0.1) is 0 Å². The molecule has 0 aromatic heterocycles. The van der Waals surface area contributed by atoms with E-state index in [1.165, 1.54) is 26.2 Å². The third kappa shape index (κ3) is 7.08. The molecule has 29 heavy (non-hydrogen) atoms. The summed E-state index contributed by atoms with van der Waals surface area (Å²) >= 11 is 0. The second-order valence-electron chi connectivity index (χ2n) is 7.10. The summed E-state index contributed by atoms with van der Waals surface area (Å²) in [6.07, 6.45) is 2.08. The average Bonchev–Trinajstić information content (AvgIpc) is 2.98. The molecule has 0 unspecified atom stereocenters. The molecule has 8 nitrogen and oxygen atoms in total. The van der Waals surface area contributed by atoms with Crippen molar-refractivity contribution in [3.63, 3.8) is 0 Å². The summed E-state index contributed by atoms with van der Waals surface area (Å²) in [5.41, 5.74) is 0.697. The standard InChI is InChI=1S/C20H27NO7S/c1-13(2)27-17-7-5-15(11-18(17)26-4)6-8-19(22)28-14(3)20(23)21-16-9-10-29(24,25)12-16/h5-8,11,13-14,16H,9-10,12H2,1-4H3,(H,21,23)/b8-6+/t14-,16+/m0/s1. The molecule has 160 valence electrons. The highest BCUT2D eigenvalue weighted by Crippen LogP contribution is 2.29. The Labute approximate surface area is 171 Å². The van der Waals surface area contributed by atoms with E-state index in [0.29, 0.717) is 23.5 Å². The summed E-state index contributed by atoms with van der Waals surface area (Å²) in [7, 11) is -1.57. The molecule has 1 aromatic rings. The van der Waals surface area contributed by atoms with Gasteiger partial charge in [-0.25, -0.2) is 13.2 Å². The number of methoxy groups -OCH3 is 1. The van der Waals surface area contributed by atoms with Crippen LogP contribution in [0.2, 0.25) is 0 Å². The summed E-state index contributed by atoms with van der Waals surface area (Å²) in [5, 5.41) is 2.60. The van der Waals surface area contributed by atoms with Crippen molar-refractivity contribution < 1.29 is 32.2 Å². The predicted octanol–water partition coefficient (Wildman–Crippen LogP) is 1.73. The predicted molar refractivity (Wildman–Crippen MR) is 109 cm³/mol. The summed E-state index contributed by atoms with van der Waals surface area (Å²) in [4.78, 5) is 24.1. The molecule has 1 aliphatic rings. The Balaban J connectivity index is 1.90. The minimum absolute atomic E-state index is 0.00255. The normalized spacial score (nSPS) is 19.1. The number of esters is 1. The van der Waals surface area contributed by atoms with E-state index in [0.717, 1.165) is 0 Å². The topological polar surface area (TPSA) is 108 Å². The van der Waals surface area contributed by atoms with Crippen LogP contribution in [0.25, 0.3) is 6.08 Å². The Hall–Kier alpha value is -2.55. The third-order valence-electron chi connectivity index (χ3n) is 4.20. The van der Waals surface area contributed by atoms with E-state index in [1.54, 1.807) is 18.2 Å². The molecule has 1 amide bonds. The van der Waals surface area contributed by atoms with Gasteiger partial charge < -0.3 is 19.5 Å². The van der Waals surface area contributed by atoms with E-state index < -0.39 is 33.9 Å². The number of benzene rings is 1. The van der Waals surface area contributed by atoms with Gasteiger partial charge in [-0.1, -0.05) is 6.07 Å². The zero-order valence-electron chi connectivity index (χ0n) is 17.0. The first-order chi connectivity index (χ1) is 13.6. The zero-order valence-corrected chi connectivity index (χ0v) is 17.8. The van der Waals surface area contributed by atoms with Gasteiger partial charge in [0.25, 0.3) is 5.91 Å². The second-order valence-corrected chi connectivity index (χ2v) is 9.33. The van der Waals surface area contributed by atoms with Crippen LogP contribution < -0.4 is 14.8 Å². The number of ether oxygens (including phenoxy) is 3. The van der Waals surface area contributed by atoms with Crippen LogP contribution in [0.4, 0.5) is 0 Å². The molecule has 1 saturated heterocycles. The lowest BCUT2D eigenvalue weighted by Crippen LogP contribution is -2.42. The molecular weight excluding hydrogens is 398 g/mol. The smallest absolute Gasteiger partial charge is 0.331 e. The summed E-state index contributed by atoms with van der Waals surface area (Å²) in [6.45, 7) is 5.25. The highest BCUT2D eigenvalue weighted by Gasteiger charge is 2.30. The largest absolute Gasteiger partial charge is 0.493 e. The van der Waals surface area contributed by atoms with Crippen molar-refractivity contribution in [1.82, 2.24) is 5.32 Å². The highest BCUT2D eigenvalue weighted by atomic mass is 32.2. The average molecular weight is 426 g/mol. The number of nitrogens with one attached hydrogen (secondary N) is 1. The molecule has 2 rings (SSSR count). The summed E-state index contributed by atoms with van der Waals surface area (Å²) < 4.78 is 38.9. The minimum atomic E-state index is -3.10. The molecule has 1 aliphatic heterocycles. The number of hydrogen-bond donors (Lipinski definition) is 1. The van der Waals surface area contributed by atoms with Gasteiger partial charge in [-0.2, -0.15) is 0 Å². The number of rotatable bonds is 8. The maximum atomic E-state index is 12.1. The molecule has 0 spiro atoms. The van der Waals surface area contributed by atoms with Gasteiger partial charge in [0, 0.05) is 12.1 Å². The van der Waals surface area contributed by atoms with Crippen molar-refractivity contribution in [2.75, 3.05) is 18.6 Å². The lowest BCUT2D eigenvalue weighted by molar-refractivity contribution is -0.150. The van der Waals surface area contributed by atoms with Crippen LogP contribution in [-0.2, 0) is 24.2 Å². The van der Waals surface area contributed by atoms with E-state index in [1.807, 2.05) is 13.8 Å². The molecule has 1 N–H and O–H groups in total. The molecule has 2 atom stereocenters. The van der Waals surface area contributed by atoms with Gasteiger partial charge in [0.2, 0.25) is 0 Å². The number of amides is 1. The van der Waals surface area contributed by atoms with Crippen LogP contribution in [0, 0.1) is 0 Å². The van der Waals surface area contributed by atoms with E-state index in [-0.39, 0.29) is 17.6 Å². The lowest BCUT2D eigenvalue weighted by atomic mass is 10.2. The molecule has 0 radical (unpaired) electrons. The van der Waals surface area contributed by atoms with Crippen molar-refractivity contribution in [2.45, 2.75) is 45.4 Å². The Morgan fingerprint density at radius 2 is 1.93 bits per heavy atom. The van der Waals surface area contributed by atoms with Gasteiger partial charge in [0.1, 0.15) is 0 Å². The molecule has 1 aromatic carbocycles. The molecule has 0 bridgehead atoms. The first-order valence-corrected chi connectivity index (χ1v) is 11.2. The van der Waals surface area contributed by atoms with Crippen molar-refractivity contribution in [3.8, 4) is 11.5 Å². The van der Waals surface area contributed by atoms with E-state index >= 15 is 0 Å². The van der Waals surface area contributed by atoms with Crippen molar-refractivity contribution >= 4 is 27.8 Å². The first kappa shape index (κ1) is 22.7. The van der Waals surface area contributed by atoms with Gasteiger partial charge in [-0.05, 0) is 51.0 Å². The molecule has 0 saturated carbocycles. The van der Waals surface area contributed by atoms with Crippen molar-refractivity contribution in [3.05, 3.63) is 29.8 Å². The monoisotopic (exact) mass is 425 g/mol. The fourth-order valence-corrected chi connectivity index (χ4v) is 4.47. The first-order valence-electron chi connectivity index (χ1n) is 9.34. The summed E-state index contributed by atoms with van der Waals surface area (Å²) in [5.74, 6) is -0.106. The molecule has 1 heterocycles. The minimum Gasteiger partial charge on any atom is -0.493 e. The van der Waals surface area contributed by atoms with Crippen LogP contribution >= 0.6 is 0 Å². The SMILES string of the molecule is COc1cc(/C=C/C(=O)O[C@@H](C)C(=O)N[C@@H]2CCS(=O)(=O)C2)ccc1OC(C)C. The fraction of sp³-hybridized carbons (Fsp3) is 0.500. The fourth-order valence-electron chi connectivity index (χ4n) is 2.80. The van der Waals surface area contributed by atoms with Gasteiger partial charge in [0.15, 0.2) is 27.4 Å². The molecular formula is C20H27NO7S. The molecule has 1 fully saturated rings. The van der Waals surface area contributed by atoms with E-state index in [9.17, 15) is 18.0 Å². The summed E-state index contributed by atoms with van der Waals surface area (Å²) in [6, 6.07) is 4.79.